The van der Waals surface area contributed by atoms with Crippen molar-refractivity contribution >= 4 is 15.6 Å². The molecule has 1 unspecified atom stereocenters. The Morgan fingerprint density at radius 3 is 1.71 bits per heavy atom. The number of rotatable bonds is 5. The first-order chi connectivity index (χ1) is 5.97. The van der Waals surface area contributed by atoms with Crippen LogP contribution in [0.25, 0.3) is 0 Å². The van der Waals surface area contributed by atoms with Gasteiger partial charge in [0.25, 0.3) is 0 Å². The van der Waals surface area contributed by atoms with Gasteiger partial charge in [-0.05, 0) is 13.8 Å². The van der Waals surface area contributed by atoms with E-state index in [2.05, 4.69) is 15.4 Å². The van der Waals surface area contributed by atoms with E-state index in [1.807, 2.05) is 0 Å². The molecule has 12 heteroatoms. The van der Waals surface area contributed by atoms with Crippen LogP contribution in [-0.4, -0.2) is 20.3 Å². The SMILES string of the molecule is C=CC(C)(C)OP(=O)(O)OP(=O)(O)O.N.N.N. The molecule has 0 aliphatic rings. The van der Waals surface area contributed by atoms with Crippen molar-refractivity contribution in [3.8, 4) is 0 Å². The molecule has 0 amide bonds. The maximum Gasteiger partial charge on any atom is 0.481 e. The summed E-state index contributed by atoms with van der Waals surface area (Å²) < 4.78 is 29.2. The fourth-order valence-corrected chi connectivity index (χ4v) is 2.36. The van der Waals surface area contributed by atoms with Crippen LogP contribution in [0.1, 0.15) is 13.8 Å². The largest absolute Gasteiger partial charge is 0.481 e. The summed E-state index contributed by atoms with van der Waals surface area (Å²) in [6, 6.07) is 0. The lowest BCUT2D eigenvalue weighted by Gasteiger charge is -2.23. The van der Waals surface area contributed by atoms with Crippen LogP contribution in [-0.2, 0) is 18.0 Å². The summed E-state index contributed by atoms with van der Waals surface area (Å²) in [7, 11) is -9.84. The molecule has 0 aromatic carbocycles. The Morgan fingerprint density at radius 1 is 1.12 bits per heavy atom. The zero-order valence-electron chi connectivity index (χ0n) is 9.77. The van der Waals surface area contributed by atoms with Gasteiger partial charge in [0.2, 0.25) is 0 Å². The molecule has 12 N–H and O–H groups in total. The summed E-state index contributed by atoms with van der Waals surface area (Å²) in [4.78, 5) is 25.4. The van der Waals surface area contributed by atoms with Gasteiger partial charge in [0.1, 0.15) is 0 Å². The molecule has 10 nitrogen and oxygen atoms in total. The van der Waals surface area contributed by atoms with Crippen molar-refractivity contribution < 1.29 is 32.6 Å². The second-order valence-electron chi connectivity index (χ2n) is 2.94. The zero-order valence-corrected chi connectivity index (χ0v) is 11.6. The summed E-state index contributed by atoms with van der Waals surface area (Å²) in [5.41, 5.74) is -1.22. The molecule has 0 heterocycles. The van der Waals surface area contributed by atoms with E-state index in [0.717, 1.165) is 0 Å². The van der Waals surface area contributed by atoms with E-state index >= 15 is 0 Å². The average molecular weight is 297 g/mol. The van der Waals surface area contributed by atoms with E-state index in [0.29, 0.717) is 0 Å². The summed E-state index contributed by atoms with van der Waals surface area (Å²) in [6.45, 7) is 6.07. The highest BCUT2D eigenvalue weighted by molar-refractivity contribution is 7.60. The van der Waals surface area contributed by atoms with Crippen LogP contribution in [0.4, 0.5) is 0 Å². The molecule has 0 saturated carbocycles. The summed E-state index contributed by atoms with van der Waals surface area (Å²) >= 11 is 0. The van der Waals surface area contributed by atoms with Gasteiger partial charge >= 0.3 is 15.6 Å². The third-order valence-electron chi connectivity index (χ3n) is 1.05. The van der Waals surface area contributed by atoms with Crippen molar-refractivity contribution in [2.24, 2.45) is 0 Å². The van der Waals surface area contributed by atoms with E-state index in [1.165, 1.54) is 19.9 Å². The van der Waals surface area contributed by atoms with E-state index in [4.69, 9.17) is 14.7 Å². The third-order valence-corrected chi connectivity index (χ3v) is 3.43. The fraction of sp³-hybridized carbons (Fsp3) is 0.600. The van der Waals surface area contributed by atoms with Crippen molar-refractivity contribution in [1.29, 1.82) is 0 Å². The Bertz CT molecular complexity index is 315. The van der Waals surface area contributed by atoms with E-state index in [1.54, 1.807) is 0 Å². The van der Waals surface area contributed by atoms with Crippen LogP contribution in [0, 0.1) is 0 Å². The Balaban J connectivity index is -0.000000282. The molecule has 0 aromatic rings. The number of phosphoric acid groups is 2. The minimum Gasteiger partial charge on any atom is -0.344 e. The highest BCUT2D eigenvalue weighted by Crippen LogP contribution is 2.59. The molecule has 0 aliphatic heterocycles. The maximum absolute atomic E-state index is 11.0. The van der Waals surface area contributed by atoms with Crippen molar-refractivity contribution in [2.75, 3.05) is 0 Å². The number of hydrogen-bond donors (Lipinski definition) is 6. The van der Waals surface area contributed by atoms with Crippen LogP contribution in [0.2, 0.25) is 0 Å². The monoisotopic (exact) mass is 297 g/mol. The molecule has 0 spiro atoms. The molecule has 17 heavy (non-hydrogen) atoms. The van der Waals surface area contributed by atoms with Crippen LogP contribution in [0.3, 0.4) is 0 Å². The Morgan fingerprint density at radius 2 is 1.47 bits per heavy atom. The molecule has 0 bridgehead atoms. The lowest BCUT2D eigenvalue weighted by molar-refractivity contribution is 0.100. The van der Waals surface area contributed by atoms with Gasteiger partial charge in [-0.1, -0.05) is 6.08 Å². The molecule has 0 radical (unpaired) electrons. The lowest BCUT2D eigenvalue weighted by atomic mass is 10.1. The molecule has 0 aromatic heterocycles. The first-order valence-corrected chi connectivity index (χ1v) is 6.44. The highest BCUT2D eigenvalue weighted by Gasteiger charge is 2.36. The van der Waals surface area contributed by atoms with Gasteiger partial charge < -0.3 is 33.1 Å². The summed E-state index contributed by atoms with van der Waals surface area (Å²) in [5.74, 6) is 0. The third kappa shape index (κ3) is 13.8. The fourth-order valence-electron chi connectivity index (χ4n) is 0.486. The summed E-state index contributed by atoms with van der Waals surface area (Å²) in [6.07, 6.45) is 1.19. The van der Waals surface area contributed by atoms with Crippen molar-refractivity contribution in [3.05, 3.63) is 12.7 Å². The summed E-state index contributed by atoms with van der Waals surface area (Å²) in [5, 5.41) is 0. The Labute approximate surface area is 99.6 Å². The zero-order chi connectivity index (χ0) is 11.6. The normalized spacial score (nSPS) is 14.4. The van der Waals surface area contributed by atoms with Crippen molar-refractivity contribution in [3.63, 3.8) is 0 Å². The van der Waals surface area contributed by atoms with Gasteiger partial charge in [-0.2, -0.15) is 4.31 Å². The second kappa shape index (κ2) is 8.06. The van der Waals surface area contributed by atoms with Crippen molar-refractivity contribution in [2.45, 2.75) is 19.4 Å². The molecule has 1 atom stereocenters. The van der Waals surface area contributed by atoms with Crippen molar-refractivity contribution in [1.82, 2.24) is 18.5 Å². The predicted octanol–water partition coefficient (Wildman–Crippen LogP) is 1.66. The molecule has 108 valence electrons. The second-order valence-corrected chi connectivity index (χ2v) is 5.69. The quantitative estimate of drug-likeness (QED) is 0.318. The average Bonchev–Trinajstić information content (AvgIpc) is 1.78. The standard InChI is InChI=1S/C5H12O7P2.3H3N/c1-4-5(2,3)11-14(9,10)12-13(6,7)8;;;/h4H,1H2,2-3H3,(H,9,10)(H2,6,7,8);3*1H3. The Hall–Kier alpha value is -0.120. The molecular weight excluding hydrogens is 276 g/mol. The molecule has 0 rings (SSSR count). The van der Waals surface area contributed by atoms with Crippen LogP contribution in [0.5, 0.6) is 0 Å². The van der Waals surface area contributed by atoms with E-state index < -0.39 is 21.2 Å². The first-order valence-electron chi connectivity index (χ1n) is 3.41. The number of phosphoric ester groups is 1. The van der Waals surface area contributed by atoms with Crippen LogP contribution < -0.4 is 18.5 Å². The molecule has 0 saturated heterocycles. The Kier molecular flexibility index (Phi) is 12.2. The van der Waals surface area contributed by atoms with Gasteiger partial charge in [0.15, 0.2) is 0 Å². The first kappa shape index (κ1) is 25.7. The van der Waals surface area contributed by atoms with Gasteiger partial charge in [-0.15, -0.1) is 6.58 Å². The van der Waals surface area contributed by atoms with Gasteiger partial charge in [0.05, 0.1) is 5.60 Å². The minimum atomic E-state index is -5.06. The van der Waals surface area contributed by atoms with E-state index in [-0.39, 0.29) is 18.5 Å². The molecule has 0 fully saturated rings. The number of hydrogen-bond acceptors (Lipinski definition) is 7. The van der Waals surface area contributed by atoms with Gasteiger partial charge in [-0.25, -0.2) is 9.13 Å². The van der Waals surface area contributed by atoms with Crippen LogP contribution in [0.15, 0.2) is 12.7 Å². The molecular formula is C5H21N3O7P2. The smallest absolute Gasteiger partial charge is 0.344 e. The highest BCUT2D eigenvalue weighted by atomic mass is 31.3. The topological polar surface area (TPSA) is 218 Å². The van der Waals surface area contributed by atoms with Gasteiger partial charge in [0, 0.05) is 0 Å². The van der Waals surface area contributed by atoms with Crippen LogP contribution >= 0.6 is 15.6 Å². The lowest BCUT2D eigenvalue weighted by Crippen LogP contribution is -2.19. The molecule has 0 aliphatic carbocycles. The maximum atomic E-state index is 11.0. The van der Waals surface area contributed by atoms with Gasteiger partial charge in [-0.3, -0.25) is 4.52 Å². The predicted molar refractivity (Wildman–Crippen MR) is 63.4 cm³/mol. The minimum absolute atomic E-state index is 0. The van der Waals surface area contributed by atoms with E-state index in [9.17, 15) is 9.13 Å².